The lowest BCUT2D eigenvalue weighted by Crippen LogP contribution is -2.35. The highest BCUT2D eigenvalue weighted by atomic mass is 35.5. The number of fused-ring (bicyclic) bond motifs is 1. The van der Waals surface area contributed by atoms with Gasteiger partial charge in [0.15, 0.2) is 11.5 Å². The molecule has 5 nitrogen and oxygen atoms in total. The summed E-state index contributed by atoms with van der Waals surface area (Å²) in [5.74, 6) is 1.66. The van der Waals surface area contributed by atoms with Crippen molar-refractivity contribution in [3.63, 3.8) is 0 Å². The molecule has 0 spiro atoms. The molecule has 1 amide bonds. The zero-order chi connectivity index (χ0) is 22.4. The molecule has 2 aromatic carbocycles. The van der Waals surface area contributed by atoms with E-state index in [1.54, 1.807) is 14.2 Å². The fraction of sp³-hybridized carbons (Fsp3) is 0.458. The smallest absolute Gasteiger partial charge is 0.227 e. The Balaban J connectivity index is 1.45. The van der Waals surface area contributed by atoms with Crippen molar-refractivity contribution in [2.45, 2.75) is 25.7 Å². The Bertz CT molecular complexity index is 920. The van der Waals surface area contributed by atoms with E-state index in [2.05, 4.69) is 18.0 Å². The van der Waals surface area contributed by atoms with E-state index in [-0.39, 0.29) is 5.91 Å². The second kappa shape index (κ2) is 11.1. The summed E-state index contributed by atoms with van der Waals surface area (Å²) >= 11 is 12.3. The van der Waals surface area contributed by atoms with Gasteiger partial charge in [-0.2, -0.15) is 0 Å². The minimum atomic E-state index is 0.158. The van der Waals surface area contributed by atoms with Gasteiger partial charge in [-0.1, -0.05) is 29.3 Å². The Morgan fingerprint density at radius 1 is 1.00 bits per heavy atom. The molecule has 0 saturated carbocycles. The highest BCUT2D eigenvalue weighted by Gasteiger charge is 2.21. The fourth-order valence-corrected chi connectivity index (χ4v) is 4.29. The first-order chi connectivity index (χ1) is 14.9. The van der Waals surface area contributed by atoms with Crippen molar-refractivity contribution in [1.82, 2.24) is 9.80 Å². The van der Waals surface area contributed by atoms with E-state index in [1.165, 1.54) is 5.56 Å². The molecule has 0 saturated heterocycles. The maximum absolute atomic E-state index is 12.7. The lowest BCUT2D eigenvalue weighted by atomic mass is 10.0. The van der Waals surface area contributed by atoms with E-state index in [1.807, 2.05) is 29.2 Å². The summed E-state index contributed by atoms with van der Waals surface area (Å²) in [6, 6.07) is 9.78. The van der Waals surface area contributed by atoms with Crippen LogP contribution in [0.3, 0.4) is 0 Å². The highest BCUT2D eigenvalue weighted by Crippen LogP contribution is 2.29. The quantitative estimate of drug-likeness (QED) is 0.547. The number of likely N-dealkylation sites (N-methyl/N-ethyl adjacent to an activating group) is 1. The number of hydrogen-bond acceptors (Lipinski definition) is 4. The maximum Gasteiger partial charge on any atom is 0.227 e. The number of carbonyl (C=O) groups excluding carboxylic acids is 1. The van der Waals surface area contributed by atoms with Gasteiger partial charge in [0.05, 0.1) is 30.7 Å². The first-order valence-corrected chi connectivity index (χ1v) is 11.3. The van der Waals surface area contributed by atoms with Gasteiger partial charge in [-0.25, -0.2) is 0 Å². The molecule has 0 aliphatic carbocycles. The van der Waals surface area contributed by atoms with Crippen molar-refractivity contribution < 1.29 is 14.3 Å². The van der Waals surface area contributed by atoms with Crippen molar-refractivity contribution in [3.05, 3.63) is 57.1 Å². The van der Waals surface area contributed by atoms with Crippen LogP contribution in [0.1, 0.15) is 23.1 Å². The second-order valence-corrected chi connectivity index (χ2v) is 8.75. The van der Waals surface area contributed by atoms with Gasteiger partial charge in [-0.05, 0) is 73.8 Å². The summed E-state index contributed by atoms with van der Waals surface area (Å²) in [6.45, 7) is 3.35. The number of benzene rings is 2. The predicted octanol–water partition coefficient (Wildman–Crippen LogP) is 4.50. The summed E-state index contributed by atoms with van der Waals surface area (Å²) in [5.41, 5.74) is 3.33. The molecule has 0 fully saturated rings. The van der Waals surface area contributed by atoms with Gasteiger partial charge < -0.3 is 19.3 Å². The molecule has 0 atom stereocenters. The predicted molar refractivity (Wildman–Crippen MR) is 126 cm³/mol. The Morgan fingerprint density at radius 2 is 1.71 bits per heavy atom. The molecule has 1 aliphatic heterocycles. The lowest BCUT2D eigenvalue weighted by Gasteiger charge is -2.23. The second-order valence-electron chi connectivity index (χ2n) is 7.94. The van der Waals surface area contributed by atoms with Gasteiger partial charge in [-0.15, -0.1) is 0 Å². The number of methoxy groups -OCH3 is 2. The number of halogens is 2. The molecular formula is C24H30Cl2N2O3. The summed E-state index contributed by atoms with van der Waals surface area (Å²) in [7, 11) is 5.41. The fourth-order valence-electron chi connectivity index (χ4n) is 3.92. The monoisotopic (exact) mass is 464 g/mol. The largest absolute Gasteiger partial charge is 0.493 e. The number of rotatable bonds is 9. The van der Waals surface area contributed by atoms with Crippen molar-refractivity contribution in [2.75, 3.05) is 47.4 Å². The number of hydrogen-bond donors (Lipinski definition) is 0. The minimum absolute atomic E-state index is 0.158. The van der Waals surface area contributed by atoms with Gasteiger partial charge >= 0.3 is 0 Å². The Hall–Kier alpha value is -1.95. The SMILES string of the molecule is COc1ccc(CCN(C)CCCN2CCc3cc(Cl)c(Cl)cc3CC2=O)cc1OC. The van der Waals surface area contributed by atoms with Crippen molar-refractivity contribution in [2.24, 2.45) is 0 Å². The molecule has 2 aromatic rings. The molecule has 31 heavy (non-hydrogen) atoms. The third-order valence-electron chi connectivity index (χ3n) is 5.79. The van der Waals surface area contributed by atoms with Crippen LogP contribution in [-0.2, 0) is 24.1 Å². The van der Waals surface area contributed by atoms with Gasteiger partial charge in [0.1, 0.15) is 0 Å². The lowest BCUT2D eigenvalue weighted by molar-refractivity contribution is -0.130. The molecule has 1 aliphatic rings. The van der Waals surface area contributed by atoms with Crippen LogP contribution in [0.4, 0.5) is 0 Å². The third kappa shape index (κ3) is 6.28. The van der Waals surface area contributed by atoms with Crippen LogP contribution in [0.5, 0.6) is 11.5 Å². The third-order valence-corrected chi connectivity index (χ3v) is 6.51. The Kier molecular flexibility index (Phi) is 8.47. The van der Waals surface area contributed by atoms with Crippen LogP contribution < -0.4 is 9.47 Å². The van der Waals surface area contributed by atoms with Gasteiger partial charge in [0, 0.05) is 19.6 Å². The molecular weight excluding hydrogens is 435 g/mol. The maximum atomic E-state index is 12.7. The summed E-state index contributed by atoms with van der Waals surface area (Å²) in [5, 5.41) is 1.06. The van der Waals surface area contributed by atoms with E-state index in [0.717, 1.165) is 68.1 Å². The standard InChI is InChI=1S/C24H30Cl2N2O3/c1-27(11-7-17-5-6-22(30-2)23(13-17)31-3)9-4-10-28-12-8-18-14-20(25)21(26)15-19(18)16-24(28)29/h5-6,13-15H,4,7-12,16H2,1-3H3. The molecule has 3 rings (SSSR count). The zero-order valence-electron chi connectivity index (χ0n) is 18.4. The van der Waals surface area contributed by atoms with Crippen LogP contribution in [-0.4, -0.2) is 63.2 Å². The Morgan fingerprint density at radius 3 is 2.42 bits per heavy atom. The summed E-state index contributed by atoms with van der Waals surface area (Å²) < 4.78 is 10.7. The average Bonchev–Trinajstić information content (AvgIpc) is 2.91. The Labute approximate surface area is 194 Å². The van der Waals surface area contributed by atoms with Crippen molar-refractivity contribution in [1.29, 1.82) is 0 Å². The minimum Gasteiger partial charge on any atom is -0.493 e. The highest BCUT2D eigenvalue weighted by molar-refractivity contribution is 6.42. The molecule has 0 bridgehead atoms. The first kappa shape index (κ1) is 23.7. The molecule has 168 valence electrons. The van der Waals surface area contributed by atoms with Gasteiger partial charge in [-0.3, -0.25) is 4.79 Å². The van der Waals surface area contributed by atoms with Crippen LogP contribution >= 0.6 is 23.2 Å². The molecule has 0 N–H and O–H groups in total. The van der Waals surface area contributed by atoms with E-state index in [9.17, 15) is 4.79 Å². The molecule has 7 heteroatoms. The van der Waals surface area contributed by atoms with E-state index in [0.29, 0.717) is 16.5 Å². The topological polar surface area (TPSA) is 42.0 Å². The van der Waals surface area contributed by atoms with E-state index in [4.69, 9.17) is 32.7 Å². The molecule has 1 heterocycles. The van der Waals surface area contributed by atoms with Crippen molar-refractivity contribution in [3.8, 4) is 11.5 Å². The van der Waals surface area contributed by atoms with Crippen molar-refractivity contribution >= 4 is 29.1 Å². The average molecular weight is 465 g/mol. The van der Waals surface area contributed by atoms with Crippen LogP contribution in [0.15, 0.2) is 30.3 Å². The summed E-state index contributed by atoms with van der Waals surface area (Å²) in [6.07, 6.45) is 3.07. The first-order valence-electron chi connectivity index (χ1n) is 10.5. The molecule has 0 radical (unpaired) electrons. The van der Waals surface area contributed by atoms with Gasteiger partial charge in [0.2, 0.25) is 5.91 Å². The zero-order valence-corrected chi connectivity index (χ0v) is 19.9. The number of nitrogens with zero attached hydrogens (tertiary/aromatic N) is 2. The molecule has 0 unspecified atom stereocenters. The number of ether oxygens (including phenoxy) is 2. The molecule has 0 aromatic heterocycles. The van der Waals surface area contributed by atoms with Crippen LogP contribution in [0, 0.1) is 0 Å². The van der Waals surface area contributed by atoms with E-state index >= 15 is 0 Å². The normalized spacial score (nSPS) is 13.9. The summed E-state index contributed by atoms with van der Waals surface area (Å²) in [4.78, 5) is 16.9. The number of carbonyl (C=O) groups is 1. The van der Waals surface area contributed by atoms with Crippen LogP contribution in [0.2, 0.25) is 10.0 Å². The van der Waals surface area contributed by atoms with E-state index < -0.39 is 0 Å². The van der Waals surface area contributed by atoms with Gasteiger partial charge in [0.25, 0.3) is 0 Å². The number of amides is 1. The van der Waals surface area contributed by atoms with Crippen LogP contribution in [0.25, 0.3) is 0 Å².